The average molecular weight is 280 g/mol. The first-order chi connectivity index (χ1) is 9.20. The van der Waals surface area contributed by atoms with Crippen LogP contribution in [-0.2, 0) is 0 Å². The fourth-order valence-corrected chi connectivity index (χ4v) is 2.87. The van der Waals surface area contributed by atoms with E-state index in [2.05, 4.69) is 0 Å². The van der Waals surface area contributed by atoms with Gasteiger partial charge in [-0.1, -0.05) is 24.3 Å². The van der Waals surface area contributed by atoms with E-state index >= 15 is 0 Å². The molecule has 1 N–H and O–H groups in total. The maximum Gasteiger partial charge on any atom is 0.123 e. The second kappa shape index (κ2) is 6.68. The van der Waals surface area contributed by atoms with Gasteiger partial charge in [0.15, 0.2) is 0 Å². The summed E-state index contributed by atoms with van der Waals surface area (Å²) in [5.41, 5.74) is 1.87. The second-order valence-electron chi connectivity index (χ2n) is 4.08. The Kier molecular flexibility index (Phi) is 4.93. The molecular weight excluding hydrogens is 266 g/mol. The predicted molar refractivity (Wildman–Crippen MR) is 74.2 cm³/mol. The quantitative estimate of drug-likeness (QED) is 0.899. The van der Waals surface area contributed by atoms with E-state index in [4.69, 9.17) is 5.11 Å². The summed E-state index contributed by atoms with van der Waals surface area (Å²) in [6.07, 6.45) is 0. The van der Waals surface area contributed by atoms with Gasteiger partial charge in [0.2, 0.25) is 0 Å². The number of aliphatic hydroxyl groups is 1. The van der Waals surface area contributed by atoms with E-state index in [-0.39, 0.29) is 23.5 Å². The molecule has 0 aliphatic rings. The number of rotatable bonds is 5. The zero-order chi connectivity index (χ0) is 13.7. The minimum atomic E-state index is -0.284. The molecule has 19 heavy (non-hydrogen) atoms. The van der Waals surface area contributed by atoms with Gasteiger partial charge in [-0.3, -0.25) is 0 Å². The minimum Gasteiger partial charge on any atom is -0.396 e. The molecule has 0 saturated carbocycles. The van der Waals surface area contributed by atoms with Crippen molar-refractivity contribution in [1.82, 2.24) is 0 Å². The number of thioether (sulfide) groups is 1. The fraction of sp³-hybridized carbons (Fsp3) is 0.200. The molecule has 0 radical (unpaired) electrons. The third kappa shape index (κ3) is 3.78. The topological polar surface area (TPSA) is 20.2 Å². The van der Waals surface area contributed by atoms with E-state index in [1.165, 1.54) is 24.3 Å². The normalized spacial score (nSPS) is 10.9. The first kappa shape index (κ1) is 14.0. The zero-order valence-corrected chi connectivity index (χ0v) is 11.0. The molecule has 0 saturated heterocycles. The van der Waals surface area contributed by atoms with Gasteiger partial charge in [0.05, 0.1) is 11.9 Å². The van der Waals surface area contributed by atoms with Crippen LogP contribution in [0.15, 0.2) is 48.5 Å². The van der Waals surface area contributed by atoms with Crippen LogP contribution in [-0.4, -0.2) is 17.5 Å². The van der Waals surface area contributed by atoms with Gasteiger partial charge in [-0.2, -0.15) is 0 Å². The molecule has 0 heterocycles. The highest BCUT2D eigenvalue weighted by atomic mass is 32.2. The number of aliphatic hydroxyl groups excluding tert-OH is 1. The molecule has 0 aliphatic heterocycles. The molecule has 0 aromatic heterocycles. The third-order valence-electron chi connectivity index (χ3n) is 2.72. The number of benzene rings is 2. The van der Waals surface area contributed by atoms with Crippen molar-refractivity contribution in [2.24, 2.45) is 0 Å². The molecule has 2 rings (SSSR count). The molecule has 4 heteroatoms. The summed E-state index contributed by atoms with van der Waals surface area (Å²) >= 11 is 1.54. The lowest BCUT2D eigenvalue weighted by Gasteiger charge is -2.17. The molecule has 0 bridgehead atoms. The van der Waals surface area contributed by atoms with E-state index in [1.54, 1.807) is 36.0 Å². The van der Waals surface area contributed by atoms with Crippen LogP contribution >= 0.6 is 11.8 Å². The van der Waals surface area contributed by atoms with E-state index in [9.17, 15) is 8.78 Å². The molecule has 2 aromatic carbocycles. The Morgan fingerprint density at radius 3 is 1.63 bits per heavy atom. The van der Waals surface area contributed by atoms with Crippen LogP contribution in [0.2, 0.25) is 0 Å². The zero-order valence-electron chi connectivity index (χ0n) is 10.2. The highest BCUT2D eigenvalue weighted by Crippen LogP contribution is 2.35. The van der Waals surface area contributed by atoms with Crippen molar-refractivity contribution < 1.29 is 13.9 Å². The number of halogens is 2. The van der Waals surface area contributed by atoms with Crippen LogP contribution in [0.3, 0.4) is 0 Å². The fourth-order valence-electron chi connectivity index (χ4n) is 1.83. The molecule has 0 spiro atoms. The smallest absolute Gasteiger partial charge is 0.123 e. The molecule has 0 aliphatic carbocycles. The third-order valence-corrected chi connectivity index (χ3v) is 4.02. The van der Waals surface area contributed by atoms with Crippen LogP contribution < -0.4 is 0 Å². The summed E-state index contributed by atoms with van der Waals surface area (Å²) in [6, 6.07) is 12.5. The minimum absolute atomic E-state index is 0.0339. The van der Waals surface area contributed by atoms with Crippen LogP contribution in [0.4, 0.5) is 8.78 Å². The van der Waals surface area contributed by atoms with Crippen molar-refractivity contribution in [2.45, 2.75) is 5.25 Å². The summed E-state index contributed by atoms with van der Waals surface area (Å²) in [5.74, 6) is 0.00177. The van der Waals surface area contributed by atoms with Crippen molar-refractivity contribution in [3.63, 3.8) is 0 Å². The lowest BCUT2D eigenvalue weighted by molar-refractivity contribution is 0.322. The summed E-state index contributed by atoms with van der Waals surface area (Å²) in [4.78, 5) is 0. The monoisotopic (exact) mass is 280 g/mol. The Labute approximate surface area is 115 Å². The molecule has 2 aromatic rings. The van der Waals surface area contributed by atoms with Crippen LogP contribution in [0.1, 0.15) is 16.4 Å². The Balaban J connectivity index is 2.29. The van der Waals surface area contributed by atoms with Gasteiger partial charge in [0.25, 0.3) is 0 Å². The highest BCUT2D eigenvalue weighted by molar-refractivity contribution is 7.99. The first-order valence-corrected chi connectivity index (χ1v) is 6.99. The van der Waals surface area contributed by atoms with Crippen molar-refractivity contribution in [3.05, 3.63) is 71.3 Å². The average Bonchev–Trinajstić information content (AvgIpc) is 2.43. The van der Waals surface area contributed by atoms with Gasteiger partial charge in [-0.25, -0.2) is 8.78 Å². The molecular formula is C15H14F2OS. The van der Waals surface area contributed by atoms with Gasteiger partial charge in [0, 0.05) is 5.75 Å². The summed E-state index contributed by atoms with van der Waals surface area (Å²) in [5, 5.41) is 8.92. The summed E-state index contributed by atoms with van der Waals surface area (Å²) in [6.45, 7) is 0.0730. The van der Waals surface area contributed by atoms with E-state index in [1.807, 2.05) is 0 Å². The SMILES string of the molecule is OCCSC(c1ccc(F)cc1)c1ccc(F)cc1. The largest absolute Gasteiger partial charge is 0.396 e. The van der Waals surface area contributed by atoms with Gasteiger partial charge in [-0.15, -0.1) is 11.8 Å². The Hall–Kier alpha value is -1.39. The van der Waals surface area contributed by atoms with Crippen molar-refractivity contribution in [3.8, 4) is 0 Å². The van der Waals surface area contributed by atoms with E-state index in [0.717, 1.165) is 11.1 Å². The Morgan fingerprint density at radius 2 is 1.26 bits per heavy atom. The van der Waals surface area contributed by atoms with Gasteiger partial charge < -0.3 is 5.11 Å². The van der Waals surface area contributed by atoms with Crippen molar-refractivity contribution >= 4 is 11.8 Å². The molecule has 1 nitrogen and oxygen atoms in total. The molecule has 100 valence electrons. The number of hydrogen-bond acceptors (Lipinski definition) is 2. The van der Waals surface area contributed by atoms with Crippen molar-refractivity contribution in [1.29, 1.82) is 0 Å². The Morgan fingerprint density at radius 1 is 0.842 bits per heavy atom. The summed E-state index contributed by atoms with van der Waals surface area (Å²) < 4.78 is 25.9. The van der Waals surface area contributed by atoms with Crippen LogP contribution in [0.25, 0.3) is 0 Å². The lowest BCUT2D eigenvalue weighted by Crippen LogP contribution is -2.00. The predicted octanol–water partition coefficient (Wildman–Crippen LogP) is 3.78. The molecule has 0 atom stereocenters. The van der Waals surface area contributed by atoms with Crippen LogP contribution in [0, 0.1) is 11.6 Å². The standard InChI is InChI=1S/C15H14F2OS/c16-13-5-1-11(2-6-13)15(19-10-9-18)12-3-7-14(17)8-4-12/h1-8,15,18H,9-10H2. The lowest BCUT2D eigenvalue weighted by atomic mass is 10.0. The number of hydrogen-bond donors (Lipinski definition) is 1. The molecule has 0 fully saturated rings. The van der Waals surface area contributed by atoms with Gasteiger partial charge in [0.1, 0.15) is 11.6 Å². The van der Waals surface area contributed by atoms with Gasteiger partial charge >= 0.3 is 0 Å². The van der Waals surface area contributed by atoms with Crippen LogP contribution in [0.5, 0.6) is 0 Å². The molecule has 0 unspecified atom stereocenters. The van der Waals surface area contributed by atoms with Crippen molar-refractivity contribution in [2.75, 3.05) is 12.4 Å². The van der Waals surface area contributed by atoms with E-state index < -0.39 is 0 Å². The Bertz CT molecular complexity index is 465. The maximum absolute atomic E-state index is 13.0. The highest BCUT2D eigenvalue weighted by Gasteiger charge is 2.14. The second-order valence-corrected chi connectivity index (χ2v) is 5.29. The van der Waals surface area contributed by atoms with E-state index in [0.29, 0.717) is 5.75 Å². The molecule has 0 amide bonds. The summed E-state index contributed by atoms with van der Waals surface area (Å²) in [7, 11) is 0. The maximum atomic E-state index is 13.0. The first-order valence-electron chi connectivity index (χ1n) is 5.94. The van der Waals surface area contributed by atoms with Gasteiger partial charge in [-0.05, 0) is 35.4 Å².